The first-order valence-corrected chi connectivity index (χ1v) is 7.54. The van der Waals surface area contributed by atoms with E-state index in [1.807, 2.05) is 6.92 Å². The molecule has 7 nitrogen and oxygen atoms in total. The molecule has 1 fully saturated rings. The number of rotatable bonds is 4. The summed E-state index contributed by atoms with van der Waals surface area (Å²) >= 11 is 0. The van der Waals surface area contributed by atoms with E-state index >= 15 is 0 Å². The van der Waals surface area contributed by atoms with Gasteiger partial charge >= 0.3 is 12.0 Å². The SMILES string of the molecule is C=C1NC(=O)N[C@@H](c2ccc3c(c2)OCO3)[C@H]1C(=O)OC/C=C\C. The number of hydrogen-bond acceptors (Lipinski definition) is 5. The third-order valence-corrected chi connectivity index (χ3v) is 3.84. The fourth-order valence-electron chi connectivity index (χ4n) is 2.66. The van der Waals surface area contributed by atoms with Crippen molar-refractivity contribution in [1.29, 1.82) is 0 Å². The topological polar surface area (TPSA) is 85.9 Å². The maximum Gasteiger partial charge on any atom is 0.319 e. The summed E-state index contributed by atoms with van der Waals surface area (Å²) in [6, 6.07) is 4.26. The highest BCUT2D eigenvalue weighted by Gasteiger charge is 2.39. The van der Waals surface area contributed by atoms with Crippen LogP contribution in [0.4, 0.5) is 4.79 Å². The van der Waals surface area contributed by atoms with Crippen molar-refractivity contribution in [3.8, 4) is 11.5 Å². The van der Waals surface area contributed by atoms with Crippen molar-refractivity contribution in [2.75, 3.05) is 13.4 Å². The molecule has 0 radical (unpaired) electrons. The van der Waals surface area contributed by atoms with Gasteiger partial charge in [-0.3, -0.25) is 4.79 Å². The number of carbonyl (C=O) groups is 2. The Morgan fingerprint density at radius 3 is 3.00 bits per heavy atom. The molecule has 0 spiro atoms. The third-order valence-electron chi connectivity index (χ3n) is 3.84. The molecule has 24 heavy (non-hydrogen) atoms. The van der Waals surface area contributed by atoms with Crippen LogP contribution in [0.25, 0.3) is 0 Å². The van der Waals surface area contributed by atoms with Gasteiger partial charge in [-0.05, 0) is 24.6 Å². The molecule has 1 aromatic carbocycles. The van der Waals surface area contributed by atoms with E-state index in [1.54, 1.807) is 30.4 Å². The predicted molar refractivity (Wildman–Crippen MR) is 85.4 cm³/mol. The Labute approximate surface area is 139 Å². The van der Waals surface area contributed by atoms with Crippen molar-refractivity contribution >= 4 is 12.0 Å². The fourth-order valence-corrected chi connectivity index (χ4v) is 2.66. The van der Waals surface area contributed by atoms with Gasteiger partial charge in [0.25, 0.3) is 0 Å². The Kier molecular flexibility index (Phi) is 4.41. The molecule has 0 aliphatic carbocycles. The Morgan fingerprint density at radius 2 is 2.21 bits per heavy atom. The van der Waals surface area contributed by atoms with Crippen LogP contribution < -0.4 is 20.1 Å². The molecule has 126 valence electrons. The molecule has 2 heterocycles. The highest BCUT2D eigenvalue weighted by molar-refractivity contribution is 5.85. The van der Waals surface area contributed by atoms with Crippen LogP contribution in [0.2, 0.25) is 0 Å². The van der Waals surface area contributed by atoms with Crippen molar-refractivity contribution < 1.29 is 23.8 Å². The van der Waals surface area contributed by atoms with Crippen molar-refractivity contribution in [2.45, 2.75) is 13.0 Å². The van der Waals surface area contributed by atoms with E-state index < -0.39 is 24.0 Å². The van der Waals surface area contributed by atoms with E-state index in [1.165, 1.54) is 0 Å². The zero-order valence-corrected chi connectivity index (χ0v) is 13.2. The number of esters is 1. The summed E-state index contributed by atoms with van der Waals surface area (Å²) in [5.41, 5.74) is 1.01. The summed E-state index contributed by atoms with van der Waals surface area (Å²) in [6.07, 6.45) is 3.52. The molecule has 2 amide bonds. The summed E-state index contributed by atoms with van der Waals surface area (Å²) in [4.78, 5) is 24.3. The lowest BCUT2D eigenvalue weighted by Crippen LogP contribution is -2.51. The van der Waals surface area contributed by atoms with Gasteiger partial charge in [0.05, 0.1) is 6.04 Å². The monoisotopic (exact) mass is 330 g/mol. The molecule has 2 atom stereocenters. The first-order chi connectivity index (χ1) is 11.6. The zero-order chi connectivity index (χ0) is 17.1. The van der Waals surface area contributed by atoms with E-state index in [2.05, 4.69) is 17.2 Å². The number of amides is 2. The van der Waals surface area contributed by atoms with Gasteiger partial charge in [-0.1, -0.05) is 24.8 Å². The quantitative estimate of drug-likeness (QED) is 0.651. The molecule has 1 aromatic rings. The van der Waals surface area contributed by atoms with Gasteiger partial charge in [0.15, 0.2) is 11.5 Å². The van der Waals surface area contributed by atoms with Gasteiger partial charge in [-0.25, -0.2) is 4.79 Å². The van der Waals surface area contributed by atoms with Crippen LogP contribution in [0.5, 0.6) is 11.5 Å². The minimum Gasteiger partial charge on any atom is -0.461 e. The second kappa shape index (κ2) is 6.66. The maximum atomic E-state index is 12.4. The molecule has 2 aliphatic heterocycles. The minimum atomic E-state index is -0.742. The predicted octanol–water partition coefficient (Wildman–Crippen LogP) is 2.02. The number of fused-ring (bicyclic) bond motifs is 1. The van der Waals surface area contributed by atoms with Crippen molar-refractivity contribution in [1.82, 2.24) is 10.6 Å². The average Bonchev–Trinajstić information content (AvgIpc) is 3.01. The number of hydrogen-bond donors (Lipinski definition) is 2. The summed E-state index contributed by atoms with van der Waals surface area (Å²) in [5, 5.41) is 5.28. The van der Waals surface area contributed by atoms with Gasteiger partial charge < -0.3 is 24.8 Å². The molecular formula is C17H18N2O5. The van der Waals surface area contributed by atoms with Gasteiger partial charge in [0, 0.05) is 5.70 Å². The minimum absolute atomic E-state index is 0.152. The second-order valence-electron chi connectivity index (χ2n) is 5.39. The molecule has 2 aliphatic rings. The van der Waals surface area contributed by atoms with Crippen LogP contribution in [-0.2, 0) is 9.53 Å². The van der Waals surface area contributed by atoms with Crippen LogP contribution in [0, 0.1) is 5.92 Å². The molecule has 0 unspecified atom stereocenters. The van der Waals surface area contributed by atoms with Crippen LogP contribution in [0.15, 0.2) is 42.6 Å². The number of allylic oxidation sites excluding steroid dienone is 1. The molecule has 0 bridgehead atoms. The van der Waals surface area contributed by atoms with Crippen LogP contribution in [-0.4, -0.2) is 25.4 Å². The highest BCUT2D eigenvalue weighted by Crippen LogP contribution is 2.37. The van der Waals surface area contributed by atoms with E-state index in [-0.39, 0.29) is 13.4 Å². The lowest BCUT2D eigenvalue weighted by atomic mass is 9.89. The first-order valence-electron chi connectivity index (χ1n) is 7.54. The number of nitrogens with one attached hydrogen (secondary N) is 2. The van der Waals surface area contributed by atoms with Gasteiger partial charge in [0.1, 0.15) is 12.5 Å². The average molecular weight is 330 g/mol. The molecule has 1 saturated heterocycles. The van der Waals surface area contributed by atoms with Gasteiger partial charge in [-0.15, -0.1) is 0 Å². The Balaban J connectivity index is 1.87. The van der Waals surface area contributed by atoms with E-state index in [9.17, 15) is 9.59 Å². The van der Waals surface area contributed by atoms with Crippen LogP contribution in [0.1, 0.15) is 18.5 Å². The van der Waals surface area contributed by atoms with Crippen molar-refractivity contribution in [3.63, 3.8) is 0 Å². The summed E-state index contributed by atoms with van der Waals surface area (Å²) in [7, 11) is 0. The number of carbonyl (C=O) groups excluding carboxylic acids is 2. The first kappa shape index (κ1) is 15.9. The van der Waals surface area contributed by atoms with E-state index in [4.69, 9.17) is 14.2 Å². The fraction of sp³-hybridized carbons (Fsp3) is 0.294. The van der Waals surface area contributed by atoms with E-state index in [0.29, 0.717) is 22.8 Å². The number of benzene rings is 1. The third kappa shape index (κ3) is 3.05. The smallest absolute Gasteiger partial charge is 0.319 e. The van der Waals surface area contributed by atoms with Crippen LogP contribution >= 0.6 is 0 Å². The summed E-state index contributed by atoms with van der Waals surface area (Å²) in [5.74, 6) is -0.00133. The zero-order valence-electron chi connectivity index (χ0n) is 13.2. The van der Waals surface area contributed by atoms with Gasteiger partial charge in [0.2, 0.25) is 6.79 Å². The molecular weight excluding hydrogens is 312 g/mol. The summed E-state index contributed by atoms with van der Waals surface area (Å²) < 4.78 is 15.9. The van der Waals surface area contributed by atoms with Crippen LogP contribution in [0.3, 0.4) is 0 Å². The summed E-state index contributed by atoms with van der Waals surface area (Å²) in [6.45, 7) is 5.95. The molecule has 0 aromatic heterocycles. The Bertz CT molecular complexity index is 713. The highest BCUT2D eigenvalue weighted by atomic mass is 16.7. The van der Waals surface area contributed by atoms with Crippen molar-refractivity contribution in [2.24, 2.45) is 5.92 Å². The second-order valence-corrected chi connectivity index (χ2v) is 5.39. The largest absolute Gasteiger partial charge is 0.461 e. The van der Waals surface area contributed by atoms with E-state index in [0.717, 1.165) is 0 Å². The maximum absolute atomic E-state index is 12.4. The lowest BCUT2D eigenvalue weighted by molar-refractivity contribution is -0.147. The number of urea groups is 1. The van der Waals surface area contributed by atoms with Gasteiger partial charge in [-0.2, -0.15) is 0 Å². The molecule has 2 N–H and O–H groups in total. The van der Waals surface area contributed by atoms with Crippen molar-refractivity contribution in [3.05, 3.63) is 48.2 Å². The molecule has 0 saturated carbocycles. The standard InChI is InChI=1S/C17H18N2O5/c1-3-4-7-22-16(20)14-10(2)18-17(21)19-15(14)11-5-6-12-13(8-11)24-9-23-12/h3-6,8,14-15H,2,7,9H2,1H3,(H2,18,19,21)/b4-3-/t14-,15-/m0/s1. The molecule has 3 rings (SSSR count). The normalized spacial score (nSPS) is 22.2. The number of ether oxygens (including phenoxy) is 3. The Morgan fingerprint density at radius 1 is 1.42 bits per heavy atom. The lowest BCUT2D eigenvalue weighted by Gasteiger charge is -2.33. The Hall–Kier alpha value is -2.96. The molecule has 7 heteroatoms.